The Bertz CT molecular complexity index is 993. The van der Waals surface area contributed by atoms with Gasteiger partial charge in [0, 0.05) is 0 Å². The van der Waals surface area contributed by atoms with Gasteiger partial charge in [0.1, 0.15) is 0 Å². The molecule has 0 radical (unpaired) electrons. The molecule has 0 saturated carbocycles. The fraction of sp³-hybridized carbons (Fsp3) is 0.0500. The molecule has 130 valence electrons. The van der Waals surface area contributed by atoms with Gasteiger partial charge < -0.3 is 5.11 Å². The molecule has 0 aliphatic carbocycles. The summed E-state index contributed by atoms with van der Waals surface area (Å²) in [6, 6.07) is 19.2. The summed E-state index contributed by atoms with van der Waals surface area (Å²) in [5, 5.41) is 11.1. The summed E-state index contributed by atoms with van der Waals surface area (Å²) in [5.41, 5.74) is 5.27. The van der Waals surface area contributed by atoms with Gasteiger partial charge in [-0.05, 0) is 28.5 Å². The molecular formula is C20H16N2O4. The van der Waals surface area contributed by atoms with Gasteiger partial charge in [-0.3, -0.25) is 20.4 Å². The summed E-state index contributed by atoms with van der Waals surface area (Å²) >= 11 is 0. The summed E-state index contributed by atoms with van der Waals surface area (Å²) < 4.78 is 0. The van der Waals surface area contributed by atoms with Crippen molar-refractivity contribution in [1.82, 2.24) is 10.9 Å². The van der Waals surface area contributed by atoms with Crippen molar-refractivity contribution in [3.05, 3.63) is 83.4 Å². The van der Waals surface area contributed by atoms with Crippen molar-refractivity contribution in [2.75, 3.05) is 0 Å². The maximum absolute atomic E-state index is 12.2. The molecule has 3 aromatic carbocycles. The smallest absolute Gasteiger partial charge is 0.336 e. The molecule has 0 bridgehead atoms. The van der Waals surface area contributed by atoms with E-state index in [1.807, 2.05) is 42.5 Å². The van der Waals surface area contributed by atoms with Crippen LogP contribution in [-0.2, 0) is 11.2 Å². The Morgan fingerprint density at radius 3 is 2.19 bits per heavy atom. The van der Waals surface area contributed by atoms with Gasteiger partial charge in [0.05, 0.1) is 17.5 Å². The van der Waals surface area contributed by atoms with Crippen LogP contribution in [0, 0.1) is 0 Å². The first-order valence-electron chi connectivity index (χ1n) is 7.94. The van der Waals surface area contributed by atoms with Crippen LogP contribution in [0.15, 0.2) is 66.7 Å². The molecular weight excluding hydrogens is 332 g/mol. The molecule has 2 amide bonds. The molecule has 0 unspecified atom stereocenters. The van der Waals surface area contributed by atoms with E-state index in [2.05, 4.69) is 10.9 Å². The monoisotopic (exact) mass is 348 g/mol. The Morgan fingerprint density at radius 2 is 1.42 bits per heavy atom. The molecule has 0 heterocycles. The van der Waals surface area contributed by atoms with Crippen molar-refractivity contribution in [3.63, 3.8) is 0 Å². The molecule has 6 heteroatoms. The largest absolute Gasteiger partial charge is 0.478 e. The van der Waals surface area contributed by atoms with Crippen LogP contribution >= 0.6 is 0 Å². The molecule has 0 fully saturated rings. The van der Waals surface area contributed by atoms with Crippen LogP contribution in [0.2, 0.25) is 0 Å². The summed E-state index contributed by atoms with van der Waals surface area (Å²) in [6.45, 7) is 0. The van der Waals surface area contributed by atoms with Crippen LogP contribution in [0.25, 0.3) is 10.8 Å². The Hall–Kier alpha value is -3.67. The van der Waals surface area contributed by atoms with Gasteiger partial charge in [0.25, 0.3) is 5.91 Å². The quantitative estimate of drug-likeness (QED) is 0.632. The molecule has 6 nitrogen and oxygen atoms in total. The van der Waals surface area contributed by atoms with Crippen molar-refractivity contribution < 1.29 is 19.5 Å². The van der Waals surface area contributed by atoms with Gasteiger partial charge in [0.15, 0.2) is 0 Å². The van der Waals surface area contributed by atoms with E-state index < -0.39 is 17.8 Å². The van der Waals surface area contributed by atoms with E-state index in [0.717, 1.165) is 16.3 Å². The van der Waals surface area contributed by atoms with E-state index in [1.165, 1.54) is 18.2 Å². The lowest BCUT2D eigenvalue weighted by Gasteiger charge is -2.10. The Morgan fingerprint density at radius 1 is 0.769 bits per heavy atom. The number of nitrogens with one attached hydrogen (secondary N) is 2. The standard InChI is InChI=1S/C20H16N2O4/c23-18(12-14-8-5-7-13-6-1-2-9-15(13)14)21-22-19(24)16-10-3-4-11-17(16)20(25)26/h1-11H,12H2,(H,21,23)(H,22,24)(H,25,26). The number of hydrazine groups is 1. The number of aromatic carboxylic acids is 1. The highest BCUT2D eigenvalue weighted by molar-refractivity contribution is 6.05. The second-order valence-electron chi connectivity index (χ2n) is 5.67. The second-order valence-corrected chi connectivity index (χ2v) is 5.67. The fourth-order valence-electron chi connectivity index (χ4n) is 2.73. The van der Waals surface area contributed by atoms with Crippen LogP contribution in [0.3, 0.4) is 0 Å². The van der Waals surface area contributed by atoms with Gasteiger partial charge >= 0.3 is 5.97 Å². The molecule has 3 rings (SSSR count). The highest BCUT2D eigenvalue weighted by atomic mass is 16.4. The lowest BCUT2D eigenvalue weighted by atomic mass is 10.0. The minimum Gasteiger partial charge on any atom is -0.478 e. The average Bonchev–Trinajstić information content (AvgIpc) is 2.66. The van der Waals surface area contributed by atoms with Gasteiger partial charge in [-0.1, -0.05) is 54.6 Å². The SMILES string of the molecule is O=C(Cc1cccc2ccccc12)NNC(=O)c1ccccc1C(=O)O. The zero-order chi connectivity index (χ0) is 18.5. The molecule has 3 aromatic rings. The normalized spacial score (nSPS) is 10.3. The molecule has 0 aliphatic rings. The maximum Gasteiger partial charge on any atom is 0.336 e. The Kier molecular flexibility index (Phi) is 4.94. The van der Waals surface area contributed by atoms with Gasteiger partial charge in [-0.25, -0.2) is 4.79 Å². The van der Waals surface area contributed by atoms with Crippen molar-refractivity contribution >= 4 is 28.6 Å². The number of carboxylic acid groups (broad SMARTS) is 1. The predicted octanol–water partition coefficient (Wildman–Crippen LogP) is 2.54. The highest BCUT2D eigenvalue weighted by Gasteiger charge is 2.16. The topological polar surface area (TPSA) is 95.5 Å². The van der Waals surface area contributed by atoms with Crippen LogP contribution in [0.1, 0.15) is 26.3 Å². The van der Waals surface area contributed by atoms with Crippen molar-refractivity contribution in [3.8, 4) is 0 Å². The summed E-state index contributed by atoms with van der Waals surface area (Å²) in [6.07, 6.45) is 0.0855. The molecule has 3 N–H and O–H groups in total. The number of carboxylic acids is 1. The van der Waals surface area contributed by atoms with E-state index in [4.69, 9.17) is 5.11 Å². The number of fused-ring (bicyclic) bond motifs is 1. The third kappa shape index (κ3) is 3.70. The third-order valence-electron chi connectivity index (χ3n) is 3.95. The number of rotatable bonds is 4. The van der Waals surface area contributed by atoms with E-state index in [0.29, 0.717) is 0 Å². The van der Waals surface area contributed by atoms with Gasteiger partial charge in [0.2, 0.25) is 5.91 Å². The number of benzene rings is 3. The van der Waals surface area contributed by atoms with E-state index in [1.54, 1.807) is 6.07 Å². The lowest BCUT2D eigenvalue weighted by Crippen LogP contribution is -2.42. The number of amides is 2. The summed E-state index contributed by atoms with van der Waals surface area (Å²) in [7, 11) is 0. The summed E-state index contributed by atoms with van der Waals surface area (Å²) in [4.78, 5) is 35.5. The maximum atomic E-state index is 12.2. The van der Waals surface area contributed by atoms with Gasteiger partial charge in [-0.15, -0.1) is 0 Å². The van der Waals surface area contributed by atoms with Crippen molar-refractivity contribution in [2.24, 2.45) is 0 Å². The van der Waals surface area contributed by atoms with E-state index in [-0.39, 0.29) is 17.5 Å². The molecule has 0 atom stereocenters. The second kappa shape index (κ2) is 7.48. The first-order chi connectivity index (χ1) is 12.6. The van der Waals surface area contributed by atoms with Crippen LogP contribution in [0.5, 0.6) is 0 Å². The molecule has 0 aliphatic heterocycles. The Balaban J connectivity index is 1.68. The summed E-state index contributed by atoms with van der Waals surface area (Å²) in [5.74, 6) is -2.30. The number of carbonyl (C=O) groups excluding carboxylic acids is 2. The zero-order valence-electron chi connectivity index (χ0n) is 13.7. The molecule has 0 spiro atoms. The molecule has 0 saturated heterocycles. The van der Waals surface area contributed by atoms with E-state index in [9.17, 15) is 14.4 Å². The third-order valence-corrected chi connectivity index (χ3v) is 3.95. The van der Waals surface area contributed by atoms with Crippen LogP contribution in [-0.4, -0.2) is 22.9 Å². The zero-order valence-corrected chi connectivity index (χ0v) is 13.7. The minimum absolute atomic E-state index is 0.0227. The molecule has 0 aromatic heterocycles. The first kappa shape index (κ1) is 17.2. The van der Waals surface area contributed by atoms with Crippen molar-refractivity contribution in [1.29, 1.82) is 0 Å². The number of carbonyl (C=O) groups is 3. The number of hydrogen-bond acceptors (Lipinski definition) is 3. The molecule has 26 heavy (non-hydrogen) atoms. The fourth-order valence-corrected chi connectivity index (χ4v) is 2.73. The van der Waals surface area contributed by atoms with Crippen LogP contribution < -0.4 is 10.9 Å². The first-order valence-corrected chi connectivity index (χ1v) is 7.94. The predicted molar refractivity (Wildman–Crippen MR) is 96.7 cm³/mol. The van der Waals surface area contributed by atoms with E-state index >= 15 is 0 Å². The number of hydrogen-bond donors (Lipinski definition) is 3. The lowest BCUT2D eigenvalue weighted by molar-refractivity contribution is -0.121. The van der Waals surface area contributed by atoms with Gasteiger partial charge in [-0.2, -0.15) is 0 Å². The van der Waals surface area contributed by atoms with Crippen molar-refractivity contribution in [2.45, 2.75) is 6.42 Å². The highest BCUT2D eigenvalue weighted by Crippen LogP contribution is 2.18. The van der Waals surface area contributed by atoms with Crippen LogP contribution in [0.4, 0.5) is 0 Å². The minimum atomic E-state index is -1.21. The average molecular weight is 348 g/mol. The Labute approximate surface area is 149 Å².